The van der Waals surface area contributed by atoms with Gasteiger partial charge in [0, 0.05) is 11.8 Å². The molecule has 7 nitrogen and oxygen atoms in total. The molecule has 30 heavy (non-hydrogen) atoms. The summed E-state index contributed by atoms with van der Waals surface area (Å²) in [5, 5.41) is 12.0. The fourth-order valence-electron chi connectivity index (χ4n) is 2.78. The molecule has 0 radical (unpaired) electrons. The summed E-state index contributed by atoms with van der Waals surface area (Å²) in [5.74, 6) is 0.120. The zero-order chi connectivity index (χ0) is 21.5. The van der Waals surface area contributed by atoms with E-state index in [1.54, 1.807) is 66.7 Å². The molecule has 0 saturated carbocycles. The van der Waals surface area contributed by atoms with Crippen LogP contribution in [-0.4, -0.2) is 37.8 Å². The van der Waals surface area contributed by atoms with Crippen molar-refractivity contribution in [3.63, 3.8) is 0 Å². The van der Waals surface area contributed by atoms with Gasteiger partial charge in [-0.2, -0.15) is 0 Å². The highest BCUT2D eigenvalue weighted by Gasteiger charge is 2.12. The van der Waals surface area contributed by atoms with E-state index in [2.05, 4.69) is 5.32 Å². The lowest BCUT2D eigenvalue weighted by Gasteiger charge is -2.11. The Kier molecular flexibility index (Phi) is 6.54. The van der Waals surface area contributed by atoms with Crippen molar-refractivity contribution in [1.29, 1.82) is 0 Å². The number of anilines is 1. The predicted octanol–water partition coefficient (Wildman–Crippen LogP) is 3.87. The minimum Gasteiger partial charge on any atom is -0.508 e. The third-order valence-corrected chi connectivity index (χ3v) is 4.32. The average molecular weight is 407 g/mol. The molecule has 1 amide bonds. The number of methoxy groups -OCH3 is 2. The fourth-order valence-corrected chi connectivity index (χ4v) is 2.78. The zero-order valence-corrected chi connectivity index (χ0v) is 16.5. The molecule has 0 aliphatic heterocycles. The molecule has 0 aliphatic carbocycles. The first-order valence-corrected chi connectivity index (χ1v) is 9.08. The maximum absolute atomic E-state index is 12.2. The summed E-state index contributed by atoms with van der Waals surface area (Å²) >= 11 is 0. The molecule has 0 saturated heterocycles. The van der Waals surface area contributed by atoms with Gasteiger partial charge in [0.15, 0.2) is 18.1 Å². The van der Waals surface area contributed by atoms with Crippen molar-refractivity contribution in [2.24, 2.45) is 0 Å². The Morgan fingerprint density at radius 1 is 0.833 bits per heavy atom. The number of hydrogen-bond donors (Lipinski definition) is 2. The summed E-state index contributed by atoms with van der Waals surface area (Å²) in [6, 6.07) is 18.5. The summed E-state index contributed by atoms with van der Waals surface area (Å²) in [5.41, 5.74) is 2.61. The number of rotatable bonds is 7. The van der Waals surface area contributed by atoms with Crippen LogP contribution < -0.4 is 14.8 Å². The lowest BCUT2D eigenvalue weighted by Crippen LogP contribution is -2.21. The van der Waals surface area contributed by atoms with E-state index in [4.69, 9.17) is 14.2 Å². The van der Waals surface area contributed by atoms with Crippen molar-refractivity contribution in [3.05, 3.63) is 72.3 Å². The molecule has 0 aromatic heterocycles. The zero-order valence-electron chi connectivity index (χ0n) is 16.5. The van der Waals surface area contributed by atoms with Crippen molar-refractivity contribution in [2.75, 3.05) is 26.1 Å². The molecule has 0 atom stereocenters. The van der Waals surface area contributed by atoms with E-state index in [9.17, 15) is 14.7 Å². The Labute approximate surface area is 173 Å². The number of nitrogens with one attached hydrogen (secondary N) is 1. The Balaban J connectivity index is 1.56. The summed E-state index contributed by atoms with van der Waals surface area (Å²) in [6.45, 7) is -0.424. The lowest BCUT2D eigenvalue weighted by atomic mass is 10.0. The van der Waals surface area contributed by atoms with Crippen LogP contribution in [0.15, 0.2) is 66.7 Å². The van der Waals surface area contributed by atoms with E-state index in [-0.39, 0.29) is 5.75 Å². The number of carbonyl (C=O) groups is 2. The highest BCUT2D eigenvalue weighted by Crippen LogP contribution is 2.29. The van der Waals surface area contributed by atoms with Crippen LogP contribution in [0.2, 0.25) is 0 Å². The number of carbonyl (C=O) groups excluding carboxylic acids is 2. The average Bonchev–Trinajstić information content (AvgIpc) is 2.78. The molecular weight excluding hydrogens is 386 g/mol. The fraction of sp³-hybridized carbons (Fsp3) is 0.130. The second kappa shape index (κ2) is 9.47. The van der Waals surface area contributed by atoms with Gasteiger partial charge in [0.05, 0.1) is 19.8 Å². The largest absolute Gasteiger partial charge is 0.508 e. The molecular formula is C23H21NO6. The molecule has 3 aromatic carbocycles. The first-order chi connectivity index (χ1) is 14.5. The Bertz CT molecular complexity index is 1030. The molecule has 0 heterocycles. The minimum atomic E-state index is -0.602. The van der Waals surface area contributed by atoms with Gasteiger partial charge in [0.2, 0.25) is 0 Å². The van der Waals surface area contributed by atoms with Crippen LogP contribution in [0.5, 0.6) is 17.2 Å². The quantitative estimate of drug-likeness (QED) is 0.578. The molecule has 3 aromatic rings. The predicted molar refractivity (Wildman–Crippen MR) is 112 cm³/mol. The van der Waals surface area contributed by atoms with Crippen molar-refractivity contribution in [2.45, 2.75) is 0 Å². The molecule has 2 N–H and O–H groups in total. The Morgan fingerprint density at radius 3 is 2.03 bits per heavy atom. The van der Waals surface area contributed by atoms with Crippen LogP contribution in [0.3, 0.4) is 0 Å². The van der Waals surface area contributed by atoms with Crippen LogP contribution >= 0.6 is 0 Å². The summed E-state index contributed by atoms with van der Waals surface area (Å²) < 4.78 is 15.4. The first kappa shape index (κ1) is 20.7. The molecule has 7 heteroatoms. The van der Waals surface area contributed by atoms with Crippen molar-refractivity contribution in [3.8, 4) is 28.4 Å². The molecule has 0 spiro atoms. The van der Waals surface area contributed by atoms with Gasteiger partial charge in [0.25, 0.3) is 5.91 Å². The second-order valence-electron chi connectivity index (χ2n) is 6.32. The number of esters is 1. The van der Waals surface area contributed by atoms with E-state index in [0.717, 1.165) is 11.1 Å². The number of amides is 1. The lowest BCUT2D eigenvalue weighted by molar-refractivity contribution is -0.119. The monoisotopic (exact) mass is 407 g/mol. The molecule has 0 bridgehead atoms. The van der Waals surface area contributed by atoms with Gasteiger partial charge in [-0.15, -0.1) is 0 Å². The van der Waals surface area contributed by atoms with E-state index in [0.29, 0.717) is 22.7 Å². The maximum atomic E-state index is 12.2. The maximum Gasteiger partial charge on any atom is 0.338 e. The third kappa shape index (κ3) is 5.08. The highest BCUT2D eigenvalue weighted by atomic mass is 16.5. The molecule has 0 unspecified atom stereocenters. The molecule has 154 valence electrons. The molecule has 3 rings (SSSR count). The van der Waals surface area contributed by atoms with Gasteiger partial charge in [-0.05, 0) is 47.5 Å². The third-order valence-electron chi connectivity index (χ3n) is 4.32. The summed E-state index contributed by atoms with van der Waals surface area (Å²) in [6.07, 6.45) is 0. The van der Waals surface area contributed by atoms with E-state index in [1.807, 2.05) is 0 Å². The summed E-state index contributed by atoms with van der Waals surface area (Å²) in [4.78, 5) is 24.3. The number of phenolic OH excluding ortho intramolecular Hbond substituents is 1. The van der Waals surface area contributed by atoms with E-state index < -0.39 is 18.5 Å². The standard InChI is InChI=1S/C23H21NO6/c1-28-20-12-9-18(13-21(20)29-2)24-22(26)14-30-23(27)17-5-3-15(4-6-17)16-7-10-19(25)11-8-16/h3-13,25H,14H2,1-2H3,(H,24,26). The van der Waals surface area contributed by atoms with Crippen LogP contribution in [0.4, 0.5) is 5.69 Å². The van der Waals surface area contributed by atoms with Gasteiger partial charge in [-0.25, -0.2) is 4.79 Å². The highest BCUT2D eigenvalue weighted by molar-refractivity contribution is 5.95. The second-order valence-corrected chi connectivity index (χ2v) is 6.32. The van der Waals surface area contributed by atoms with Crippen molar-refractivity contribution in [1.82, 2.24) is 0 Å². The first-order valence-electron chi connectivity index (χ1n) is 9.08. The van der Waals surface area contributed by atoms with Crippen molar-refractivity contribution >= 4 is 17.6 Å². The number of ether oxygens (including phenoxy) is 3. The molecule has 0 fully saturated rings. The number of phenols is 1. The van der Waals surface area contributed by atoms with Crippen LogP contribution in [0.1, 0.15) is 10.4 Å². The van der Waals surface area contributed by atoms with Crippen LogP contribution in [-0.2, 0) is 9.53 Å². The van der Waals surface area contributed by atoms with Crippen LogP contribution in [0, 0.1) is 0 Å². The van der Waals surface area contributed by atoms with Gasteiger partial charge >= 0.3 is 5.97 Å². The minimum absolute atomic E-state index is 0.185. The number of hydrogen-bond acceptors (Lipinski definition) is 6. The van der Waals surface area contributed by atoms with Gasteiger partial charge < -0.3 is 24.6 Å². The van der Waals surface area contributed by atoms with Crippen LogP contribution in [0.25, 0.3) is 11.1 Å². The number of benzene rings is 3. The van der Waals surface area contributed by atoms with Gasteiger partial charge in [0.1, 0.15) is 5.75 Å². The van der Waals surface area contributed by atoms with E-state index in [1.165, 1.54) is 14.2 Å². The number of aromatic hydroxyl groups is 1. The smallest absolute Gasteiger partial charge is 0.338 e. The Morgan fingerprint density at radius 2 is 1.43 bits per heavy atom. The van der Waals surface area contributed by atoms with Gasteiger partial charge in [-0.1, -0.05) is 24.3 Å². The normalized spacial score (nSPS) is 10.2. The summed E-state index contributed by atoms with van der Waals surface area (Å²) in [7, 11) is 3.02. The topological polar surface area (TPSA) is 94.1 Å². The Hall–Kier alpha value is -4.00. The SMILES string of the molecule is COc1ccc(NC(=O)COC(=O)c2ccc(-c3ccc(O)cc3)cc2)cc1OC. The molecule has 0 aliphatic rings. The van der Waals surface area contributed by atoms with E-state index >= 15 is 0 Å². The van der Waals surface area contributed by atoms with Crippen molar-refractivity contribution < 1.29 is 28.9 Å². The van der Waals surface area contributed by atoms with Gasteiger partial charge in [-0.3, -0.25) is 4.79 Å².